The topological polar surface area (TPSA) is 57.7 Å². The first-order valence-electron chi connectivity index (χ1n) is 7.41. The van der Waals surface area contributed by atoms with Gasteiger partial charge in [0.05, 0.1) is 12.3 Å². The number of carbonyl (C=O) groups is 1. The van der Waals surface area contributed by atoms with Crippen molar-refractivity contribution in [2.75, 3.05) is 38.5 Å². The summed E-state index contributed by atoms with van der Waals surface area (Å²) in [5.41, 5.74) is 0.474. The number of nitrogens with zero attached hydrogens (tertiary/aromatic N) is 2. The minimum Gasteiger partial charge on any atom is -0.293 e. The fourth-order valence-electron chi connectivity index (χ4n) is 2.48. The molecule has 122 valence electrons. The number of sulfonamides is 1. The normalized spacial score (nSPS) is 17.5. The van der Waals surface area contributed by atoms with Crippen molar-refractivity contribution >= 4 is 15.8 Å². The molecule has 0 unspecified atom stereocenters. The lowest BCUT2D eigenvalue weighted by Crippen LogP contribution is -2.50. The van der Waals surface area contributed by atoms with Gasteiger partial charge in [0, 0.05) is 31.7 Å². The van der Waals surface area contributed by atoms with Gasteiger partial charge in [0.2, 0.25) is 10.0 Å². The molecule has 1 saturated heterocycles. The molecule has 1 aromatic carbocycles. The molecule has 0 aliphatic carbocycles. The Morgan fingerprint density at radius 2 is 1.73 bits per heavy atom. The van der Waals surface area contributed by atoms with Crippen LogP contribution in [-0.2, 0) is 10.0 Å². The summed E-state index contributed by atoms with van der Waals surface area (Å²) < 4.78 is 38.3. The number of benzene rings is 1. The van der Waals surface area contributed by atoms with E-state index in [1.54, 1.807) is 0 Å². The van der Waals surface area contributed by atoms with Crippen LogP contribution in [0.3, 0.4) is 0 Å². The Morgan fingerprint density at radius 3 is 2.27 bits per heavy atom. The average molecular weight is 328 g/mol. The first-order valence-corrected chi connectivity index (χ1v) is 9.02. The van der Waals surface area contributed by atoms with Gasteiger partial charge in [0.1, 0.15) is 5.82 Å². The summed E-state index contributed by atoms with van der Waals surface area (Å²) in [4.78, 5) is 14.0. The fourth-order valence-corrected chi connectivity index (χ4v) is 3.98. The Morgan fingerprint density at radius 1 is 1.14 bits per heavy atom. The molecular weight excluding hydrogens is 307 g/mol. The minimum absolute atomic E-state index is 0.0788. The SMILES string of the molecule is CCCS(=O)(=O)N1CCN(CC(=O)c2ccc(F)cc2)CC1. The van der Waals surface area contributed by atoms with Gasteiger partial charge < -0.3 is 0 Å². The molecule has 0 atom stereocenters. The number of rotatable bonds is 6. The van der Waals surface area contributed by atoms with Gasteiger partial charge in [-0.25, -0.2) is 12.8 Å². The summed E-state index contributed by atoms with van der Waals surface area (Å²) in [7, 11) is -3.16. The molecule has 0 radical (unpaired) electrons. The quantitative estimate of drug-likeness (QED) is 0.740. The molecule has 0 amide bonds. The monoisotopic (exact) mass is 328 g/mol. The van der Waals surface area contributed by atoms with E-state index in [0.717, 1.165) is 0 Å². The largest absolute Gasteiger partial charge is 0.293 e. The molecule has 1 aromatic rings. The highest BCUT2D eigenvalue weighted by atomic mass is 32.2. The van der Waals surface area contributed by atoms with E-state index in [4.69, 9.17) is 0 Å². The lowest BCUT2D eigenvalue weighted by Gasteiger charge is -2.33. The van der Waals surface area contributed by atoms with E-state index in [1.165, 1.54) is 28.6 Å². The van der Waals surface area contributed by atoms with E-state index < -0.39 is 10.0 Å². The fraction of sp³-hybridized carbons (Fsp3) is 0.533. The molecule has 1 aliphatic heterocycles. The summed E-state index contributed by atoms with van der Waals surface area (Å²) in [6, 6.07) is 5.48. The standard InChI is InChI=1S/C15H21FN2O3S/c1-2-11-22(20,21)18-9-7-17(8-10-18)12-15(19)13-3-5-14(16)6-4-13/h3-6H,2,7-12H2,1H3. The van der Waals surface area contributed by atoms with E-state index in [1.807, 2.05) is 11.8 Å². The zero-order valence-electron chi connectivity index (χ0n) is 12.7. The number of halogens is 1. The van der Waals surface area contributed by atoms with Crippen molar-refractivity contribution < 1.29 is 17.6 Å². The molecule has 7 heteroatoms. The lowest BCUT2D eigenvalue weighted by molar-refractivity contribution is 0.0901. The maximum absolute atomic E-state index is 12.8. The van der Waals surface area contributed by atoms with Gasteiger partial charge in [-0.2, -0.15) is 4.31 Å². The molecule has 2 rings (SSSR count). The number of hydrogen-bond donors (Lipinski definition) is 0. The van der Waals surface area contributed by atoms with E-state index in [2.05, 4.69) is 0 Å². The summed E-state index contributed by atoms with van der Waals surface area (Å²) >= 11 is 0. The van der Waals surface area contributed by atoms with Crippen LogP contribution in [0.5, 0.6) is 0 Å². The van der Waals surface area contributed by atoms with Crippen LogP contribution in [0.2, 0.25) is 0 Å². The number of piperazine rings is 1. The minimum atomic E-state index is -3.16. The third-order valence-corrected chi connectivity index (χ3v) is 5.80. The molecule has 0 bridgehead atoms. The van der Waals surface area contributed by atoms with Crippen LogP contribution in [0.4, 0.5) is 4.39 Å². The molecule has 0 aromatic heterocycles. The summed E-state index contributed by atoms with van der Waals surface area (Å²) in [6.07, 6.45) is 0.603. The number of hydrogen-bond acceptors (Lipinski definition) is 4. The Hall–Kier alpha value is -1.31. The second-order valence-electron chi connectivity index (χ2n) is 5.42. The van der Waals surface area contributed by atoms with Crippen molar-refractivity contribution in [3.63, 3.8) is 0 Å². The first kappa shape index (κ1) is 17.1. The van der Waals surface area contributed by atoms with Crippen LogP contribution >= 0.6 is 0 Å². The van der Waals surface area contributed by atoms with Crippen LogP contribution in [0.15, 0.2) is 24.3 Å². The van der Waals surface area contributed by atoms with E-state index in [0.29, 0.717) is 38.2 Å². The van der Waals surface area contributed by atoms with Gasteiger partial charge >= 0.3 is 0 Å². The maximum atomic E-state index is 12.8. The molecule has 1 aliphatic rings. The smallest absolute Gasteiger partial charge is 0.214 e. The number of ketones is 1. The maximum Gasteiger partial charge on any atom is 0.214 e. The lowest BCUT2D eigenvalue weighted by atomic mass is 10.1. The molecule has 1 fully saturated rings. The van der Waals surface area contributed by atoms with Crippen LogP contribution < -0.4 is 0 Å². The first-order chi connectivity index (χ1) is 10.4. The molecule has 1 heterocycles. The second-order valence-corrected chi connectivity index (χ2v) is 7.51. The predicted molar refractivity (Wildman–Crippen MR) is 82.8 cm³/mol. The Labute approximate surface area is 130 Å². The van der Waals surface area contributed by atoms with Crippen molar-refractivity contribution in [1.82, 2.24) is 9.21 Å². The molecule has 22 heavy (non-hydrogen) atoms. The third kappa shape index (κ3) is 4.34. The van der Waals surface area contributed by atoms with Crippen molar-refractivity contribution in [1.29, 1.82) is 0 Å². The average Bonchev–Trinajstić information content (AvgIpc) is 2.48. The molecular formula is C15H21FN2O3S. The van der Waals surface area contributed by atoms with E-state index in [9.17, 15) is 17.6 Å². The van der Waals surface area contributed by atoms with Crippen LogP contribution in [0.1, 0.15) is 23.7 Å². The van der Waals surface area contributed by atoms with Gasteiger partial charge in [0.25, 0.3) is 0 Å². The van der Waals surface area contributed by atoms with Crippen LogP contribution in [-0.4, -0.2) is 61.9 Å². The van der Waals surface area contributed by atoms with Gasteiger partial charge in [0.15, 0.2) is 5.78 Å². The Kier molecular flexibility index (Phi) is 5.66. The van der Waals surface area contributed by atoms with Gasteiger partial charge in [-0.3, -0.25) is 9.69 Å². The Bertz CT molecular complexity index is 608. The number of Topliss-reactive ketones (excluding diaryl/α,β-unsaturated/α-hetero) is 1. The van der Waals surface area contributed by atoms with Crippen molar-refractivity contribution in [3.8, 4) is 0 Å². The summed E-state index contributed by atoms with van der Waals surface area (Å²) in [5, 5.41) is 0. The zero-order valence-corrected chi connectivity index (χ0v) is 13.5. The molecule has 0 spiro atoms. The predicted octanol–water partition coefficient (Wildman–Crippen LogP) is 1.37. The Balaban J connectivity index is 1.87. The van der Waals surface area contributed by atoms with Crippen molar-refractivity contribution in [2.45, 2.75) is 13.3 Å². The highest BCUT2D eigenvalue weighted by molar-refractivity contribution is 7.89. The van der Waals surface area contributed by atoms with Crippen molar-refractivity contribution in [2.24, 2.45) is 0 Å². The highest BCUT2D eigenvalue weighted by Crippen LogP contribution is 2.11. The summed E-state index contributed by atoms with van der Waals surface area (Å²) in [5.74, 6) is -0.280. The van der Waals surface area contributed by atoms with Gasteiger partial charge in [-0.15, -0.1) is 0 Å². The molecule has 5 nitrogen and oxygen atoms in total. The van der Waals surface area contributed by atoms with Crippen LogP contribution in [0.25, 0.3) is 0 Å². The second kappa shape index (κ2) is 7.30. The highest BCUT2D eigenvalue weighted by Gasteiger charge is 2.26. The van der Waals surface area contributed by atoms with E-state index >= 15 is 0 Å². The molecule has 0 N–H and O–H groups in total. The zero-order chi connectivity index (χ0) is 16.2. The molecule has 0 saturated carbocycles. The van der Waals surface area contributed by atoms with Crippen molar-refractivity contribution in [3.05, 3.63) is 35.6 Å². The third-order valence-electron chi connectivity index (χ3n) is 3.72. The summed E-state index contributed by atoms with van der Waals surface area (Å²) in [6.45, 7) is 3.98. The van der Waals surface area contributed by atoms with Gasteiger partial charge in [-0.1, -0.05) is 6.92 Å². The number of carbonyl (C=O) groups excluding carboxylic acids is 1. The van der Waals surface area contributed by atoms with E-state index in [-0.39, 0.29) is 23.9 Å². The van der Waals surface area contributed by atoms with Gasteiger partial charge in [-0.05, 0) is 30.7 Å². The van der Waals surface area contributed by atoms with Crippen LogP contribution in [0, 0.1) is 5.82 Å².